The van der Waals surface area contributed by atoms with Gasteiger partial charge in [-0.25, -0.2) is 4.98 Å². The average molecular weight is 274 g/mol. The van der Waals surface area contributed by atoms with Gasteiger partial charge in [0, 0.05) is 17.6 Å². The number of hydrogen-bond donors (Lipinski definition) is 2. The summed E-state index contributed by atoms with van der Waals surface area (Å²) in [5.74, 6) is -0.161. The summed E-state index contributed by atoms with van der Waals surface area (Å²) in [6.45, 7) is 3.85. The van der Waals surface area contributed by atoms with Crippen molar-refractivity contribution < 1.29 is 15.0 Å². The van der Waals surface area contributed by atoms with Crippen LogP contribution in [-0.4, -0.2) is 33.8 Å². The number of carboxylic acid groups (broad SMARTS) is 1. The molecule has 0 fully saturated rings. The lowest BCUT2D eigenvalue weighted by molar-refractivity contribution is -0.135. The maximum atomic E-state index is 11.1. The smallest absolute Gasteiger partial charge is 0.323 e. The molecule has 0 bridgehead atoms. The first-order valence-corrected chi connectivity index (χ1v) is 6.59. The number of anilines is 1. The second kappa shape index (κ2) is 5.77. The monoisotopic (exact) mass is 274 g/mol. The molecule has 2 N–H and O–H groups in total. The summed E-state index contributed by atoms with van der Waals surface area (Å²) in [5, 5.41) is 20.4. The van der Waals surface area contributed by atoms with Gasteiger partial charge in [-0.3, -0.25) is 4.79 Å². The van der Waals surface area contributed by atoms with E-state index in [1.165, 1.54) is 0 Å². The number of phenols is 1. The van der Waals surface area contributed by atoms with E-state index in [2.05, 4.69) is 4.98 Å². The topological polar surface area (TPSA) is 73.7 Å². The molecule has 20 heavy (non-hydrogen) atoms. The number of carboxylic acids is 1. The van der Waals surface area contributed by atoms with Crippen molar-refractivity contribution in [2.24, 2.45) is 0 Å². The number of aromatic hydroxyl groups is 1. The van der Waals surface area contributed by atoms with E-state index < -0.39 is 5.97 Å². The number of fused-ring (bicyclic) bond motifs is 1. The molecule has 2 rings (SSSR count). The molecule has 1 atom stereocenters. The molecule has 2 aromatic rings. The van der Waals surface area contributed by atoms with Gasteiger partial charge in [-0.2, -0.15) is 0 Å². The largest absolute Gasteiger partial charge is 0.508 e. The van der Waals surface area contributed by atoms with Crippen LogP contribution in [0.3, 0.4) is 0 Å². The van der Waals surface area contributed by atoms with Crippen molar-refractivity contribution in [3.63, 3.8) is 0 Å². The molecule has 0 saturated carbocycles. The molecule has 0 aliphatic carbocycles. The Morgan fingerprint density at radius 2 is 2.15 bits per heavy atom. The Kier molecular flexibility index (Phi) is 4.08. The van der Waals surface area contributed by atoms with Crippen LogP contribution >= 0.6 is 0 Å². The first-order valence-electron chi connectivity index (χ1n) is 6.59. The predicted octanol–water partition coefficient (Wildman–Crippen LogP) is 2.63. The number of phenolic OH excluding ortho intramolecular Hbond substituents is 1. The van der Waals surface area contributed by atoms with Crippen LogP contribution < -0.4 is 4.90 Å². The van der Waals surface area contributed by atoms with Crippen LogP contribution in [0.15, 0.2) is 30.5 Å². The standard InChI is InChI=1S/C15H18N2O3/c1-3-10(2)17(9-14(19)20)15-13-8-12(18)5-4-11(13)6-7-16-15/h4-8,10,18H,3,9H2,1-2H3,(H,19,20). The number of nitrogens with zero attached hydrogens (tertiary/aromatic N) is 2. The van der Waals surface area contributed by atoms with Crippen molar-refractivity contribution in [1.29, 1.82) is 0 Å². The van der Waals surface area contributed by atoms with Crippen molar-refractivity contribution in [2.45, 2.75) is 26.3 Å². The average Bonchev–Trinajstić information content (AvgIpc) is 2.43. The van der Waals surface area contributed by atoms with Crippen molar-refractivity contribution >= 4 is 22.6 Å². The number of aliphatic carboxylic acids is 1. The molecular weight excluding hydrogens is 256 g/mol. The summed E-state index contributed by atoms with van der Waals surface area (Å²) in [5.41, 5.74) is 0. The van der Waals surface area contributed by atoms with Crippen LogP contribution in [0.2, 0.25) is 0 Å². The number of aromatic nitrogens is 1. The molecule has 0 spiro atoms. The van der Waals surface area contributed by atoms with Gasteiger partial charge in [-0.05, 0) is 36.9 Å². The number of benzene rings is 1. The summed E-state index contributed by atoms with van der Waals surface area (Å²) in [7, 11) is 0. The highest BCUT2D eigenvalue weighted by atomic mass is 16.4. The molecule has 0 saturated heterocycles. The van der Waals surface area contributed by atoms with Crippen molar-refractivity contribution in [1.82, 2.24) is 4.98 Å². The van der Waals surface area contributed by atoms with Crippen molar-refractivity contribution in [3.05, 3.63) is 30.5 Å². The highest BCUT2D eigenvalue weighted by molar-refractivity contribution is 5.94. The van der Waals surface area contributed by atoms with E-state index in [4.69, 9.17) is 5.11 Å². The summed E-state index contributed by atoms with van der Waals surface area (Å²) in [6.07, 6.45) is 2.47. The van der Waals surface area contributed by atoms with Gasteiger partial charge in [-0.15, -0.1) is 0 Å². The summed E-state index contributed by atoms with van der Waals surface area (Å²) in [4.78, 5) is 17.2. The molecule has 0 amide bonds. The Morgan fingerprint density at radius 3 is 2.80 bits per heavy atom. The van der Waals surface area contributed by atoms with Crippen LogP contribution in [0, 0.1) is 0 Å². The molecule has 5 heteroatoms. The maximum absolute atomic E-state index is 11.1. The third kappa shape index (κ3) is 2.82. The maximum Gasteiger partial charge on any atom is 0.323 e. The van der Waals surface area contributed by atoms with E-state index in [-0.39, 0.29) is 18.3 Å². The van der Waals surface area contributed by atoms with Crippen LogP contribution in [0.1, 0.15) is 20.3 Å². The first kappa shape index (κ1) is 14.1. The van der Waals surface area contributed by atoms with Crippen molar-refractivity contribution in [3.8, 4) is 5.75 Å². The van der Waals surface area contributed by atoms with E-state index in [9.17, 15) is 9.90 Å². The molecule has 0 radical (unpaired) electrons. The predicted molar refractivity (Wildman–Crippen MR) is 78.1 cm³/mol. The zero-order valence-electron chi connectivity index (χ0n) is 11.6. The number of hydrogen-bond acceptors (Lipinski definition) is 4. The molecular formula is C15H18N2O3. The quantitative estimate of drug-likeness (QED) is 0.876. The molecule has 1 aromatic carbocycles. The Hall–Kier alpha value is -2.30. The minimum absolute atomic E-state index is 0.0477. The second-order valence-electron chi connectivity index (χ2n) is 4.82. The molecule has 1 unspecified atom stereocenters. The minimum atomic E-state index is -0.899. The first-order chi connectivity index (χ1) is 9.52. The fourth-order valence-corrected chi connectivity index (χ4v) is 2.18. The molecule has 1 heterocycles. The van der Waals surface area contributed by atoms with E-state index in [1.54, 1.807) is 29.3 Å². The lowest BCUT2D eigenvalue weighted by atomic mass is 10.1. The highest BCUT2D eigenvalue weighted by Gasteiger charge is 2.19. The number of carbonyl (C=O) groups is 1. The number of rotatable bonds is 5. The summed E-state index contributed by atoms with van der Waals surface area (Å²) < 4.78 is 0. The van der Waals surface area contributed by atoms with Gasteiger partial charge < -0.3 is 15.1 Å². The Morgan fingerprint density at radius 1 is 1.40 bits per heavy atom. The normalized spacial score (nSPS) is 12.3. The zero-order valence-corrected chi connectivity index (χ0v) is 11.6. The van der Waals surface area contributed by atoms with Crippen LogP contribution in [0.5, 0.6) is 5.75 Å². The third-order valence-electron chi connectivity index (χ3n) is 3.43. The molecule has 0 aliphatic rings. The molecule has 0 aliphatic heterocycles. The van der Waals surface area contributed by atoms with Crippen LogP contribution in [0.25, 0.3) is 10.8 Å². The number of pyridine rings is 1. The van der Waals surface area contributed by atoms with Gasteiger partial charge in [0.25, 0.3) is 0 Å². The van der Waals surface area contributed by atoms with Gasteiger partial charge in [-0.1, -0.05) is 13.0 Å². The second-order valence-corrected chi connectivity index (χ2v) is 4.82. The molecule has 1 aromatic heterocycles. The molecule has 106 valence electrons. The van der Waals surface area contributed by atoms with Gasteiger partial charge in [0.2, 0.25) is 0 Å². The highest BCUT2D eigenvalue weighted by Crippen LogP contribution is 2.29. The minimum Gasteiger partial charge on any atom is -0.508 e. The van der Waals surface area contributed by atoms with E-state index >= 15 is 0 Å². The van der Waals surface area contributed by atoms with Crippen LogP contribution in [0.4, 0.5) is 5.82 Å². The van der Waals surface area contributed by atoms with Gasteiger partial charge in [0.15, 0.2) is 0 Å². The van der Waals surface area contributed by atoms with Gasteiger partial charge in [0.1, 0.15) is 18.1 Å². The SMILES string of the molecule is CCC(C)N(CC(=O)O)c1nccc2ccc(O)cc12. The Bertz CT molecular complexity index is 628. The third-order valence-corrected chi connectivity index (χ3v) is 3.43. The Labute approximate surface area is 117 Å². The zero-order chi connectivity index (χ0) is 14.7. The van der Waals surface area contributed by atoms with Crippen molar-refractivity contribution in [2.75, 3.05) is 11.4 Å². The fourth-order valence-electron chi connectivity index (χ4n) is 2.18. The summed E-state index contributed by atoms with van der Waals surface area (Å²) in [6, 6.07) is 6.91. The van der Waals surface area contributed by atoms with E-state index in [0.717, 1.165) is 17.2 Å². The lowest BCUT2D eigenvalue weighted by Crippen LogP contribution is -2.37. The lowest BCUT2D eigenvalue weighted by Gasteiger charge is -2.29. The van der Waals surface area contributed by atoms with E-state index in [0.29, 0.717) is 5.82 Å². The Balaban J connectivity index is 2.57. The fraction of sp³-hybridized carbons (Fsp3) is 0.333. The summed E-state index contributed by atoms with van der Waals surface area (Å²) >= 11 is 0. The van der Waals surface area contributed by atoms with Crippen LogP contribution in [-0.2, 0) is 4.79 Å². The van der Waals surface area contributed by atoms with Gasteiger partial charge in [0.05, 0.1) is 0 Å². The van der Waals surface area contributed by atoms with E-state index in [1.807, 2.05) is 19.9 Å². The van der Waals surface area contributed by atoms with Gasteiger partial charge >= 0.3 is 5.97 Å². The molecule has 5 nitrogen and oxygen atoms in total.